The molecule has 0 atom stereocenters. The lowest BCUT2D eigenvalue weighted by atomic mass is 10.2. The predicted octanol–water partition coefficient (Wildman–Crippen LogP) is 2.58. The van der Waals surface area contributed by atoms with E-state index in [4.69, 9.17) is 0 Å². The zero-order valence-electron chi connectivity index (χ0n) is 14.2. The average Bonchev–Trinajstić information content (AvgIpc) is 3.31. The molecule has 2 heterocycles. The zero-order chi connectivity index (χ0) is 19.2. The lowest BCUT2D eigenvalue weighted by Crippen LogP contribution is -2.31. The van der Waals surface area contributed by atoms with Crippen molar-refractivity contribution in [1.29, 1.82) is 0 Å². The van der Waals surface area contributed by atoms with E-state index in [1.807, 2.05) is 30.3 Å². The number of amides is 2. The van der Waals surface area contributed by atoms with Crippen LogP contribution < -0.4 is 5.43 Å². The molecule has 27 heavy (non-hydrogen) atoms. The first kappa shape index (κ1) is 18.9. The van der Waals surface area contributed by atoms with Gasteiger partial charge in [0.1, 0.15) is 0 Å². The van der Waals surface area contributed by atoms with Crippen molar-refractivity contribution in [3.05, 3.63) is 69.3 Å². The third-order valence-corrected chi connectivity index (χ3v) is 5.40. The van der Waals surface area contributed by atoms with Gasteiger partial charge in [0.25, 0.3) is 11.8 Å². The quantitative estimate of drug-likeness (QED) is 0.473. The molecule has 0 aliphatic carbocycles. The second-order valence-electron chi connectivity index (χ2n) is 5.32. The molecule has 1 aliphatic heterocycles. The van der Waals surface area contributed by atoms with Crippen molar-refractivity contribution in [3.8, 4) is 0 Å². The van der Waals surface area contributed by atoms with Gasteiger partial charge in [-0.2, -0.15) is 0 Å². The van der Waals surface area contributed by atoms with Crippen LogP contribution in [-0.2, 0) is 20.9 Å². The Hall–Kier alpha value is -2.91. The number of nitrogens with zero attached hydrogens (tertiary/aromatic N) is 2. The lowest BCUT2D eigenvalue weighted by molar-refractivity contribution is -0.135. The summed E-state index contributed by atoms with van der Waals surface area (Å²) in [4.78, 5) is 38.4. The number of hydrogen-bond acceptors (Lipinski definition) is 7. The highest BCUT2D eigenvalue weighted by atomic mass is 32.2. The van der Waals surface area contributed by atoms with Crippen molar-refractivity contribution in [2.24, 2.45) is 5.10 Å². The summed E-state index contributed by atoms with van der Waals surface area (Å²) in [6.45, 7) is 0.263. The minimum Gasteiger partial charge on any atom is -0.466 e. The average molecular weight is 401 g/mol. The molecule has 0 spiro atoms. The molecule has 0 unspecified atom stereocenters. The molecule has 1 aromatic carbocycles. The number of amidine groups is 1. The Balaban J connectivity index is 1.84. The number of thioether (sulfide) groups is 1. The van der Waals surface area contributed by atoms with Crippen LogP contribution in [0.1, 0.15) is 15.2 Å². The first-order chi connectivity index (χ1) is 13.1. The molecular formula is C18H15N3O4S2. The number of methoxy groups -OCH3 is 1. The summed E-state index contributed by atoms with van der Waals surface area (Å²) in [6.07, 6.45) is 1.12. The first-order valence-corrected chi connectivity index (χ1v) is 9.53. The summed E-state index contributed by atoms with van der Waals surface area (Å²) >= 11 is 2.29. The van der Waals surface area contributed by atoms with Gasteiger partial charge in [-0.1, -0.05) is 36.4 Å². The smallest absolute Gasteiger partial charge is 0.331 e. The van der Waals surface area contributed by atoms with Crippen molar-refractivity contribution in [3.63, 3.8) is 0 Å². The number of thiophene rings is 1. The monoisotopic (exact) mass is 401 g/mol. The number of hydrogen-bond donors (Lipinski definition) is 1. The highest BCUT2D eigenvalue weighted by Gasteiger charge is 2.34. The second-order valence-corrected chi connectivity index (χ2v) is 7.28. The number of hydrazone groups is 1. The van der Waals surface area contributed by atoms with Gasteiger partial charge in [-0.15, -0.1) is 16.4 Å². The molecule has 1 N–H and O–H groups in total. The molecule has 2 aromatic rings. The van der Waals surface area contributed by atoms with Gasteiger partial charge in [0.15, 0.2) is 5.17 Å². The van der Waals surface area contributed by atoms with Crippen molar-refractivity contribution >= 4 is 46.0 Å². The van der Waals surface area contributed by atoms with Crippen molar-refractivity contribution in [2.75, 3.05) is 7.11 Å². The number of nitrogens with one attached hydrogen (secondary N) is 1. The van der Waals surface area contributed by atoms with Gasteiger partial charge in [-0.25, -0.2) is 10.2 Å². The molecule has 3 rings (SSSR count). The van der Waals surface area contributed by atoms with Gasteiger partial charge in [0.05, 0.1) is 23.4 Å². The van der Waals surface area contributed by atoms with Gasteiger partial charge in [0, 0.05) is 6.08 Å². The van der Waals surface area contributed by atoms with E-state index in [9.17, 15) is 14.4 Å². The van der Waals surface area contributed by atoms with E-state index in [1.54, 1.807) is 17.5 Å². The first-order valence-electron chi connectivity index (χ1n) is 7.83. The minimum atomic E-state index is -0.630. The molecule has 1 aromatic heterocycles. The summed E-state index contributed by atoms with van der Waals surface area (Å²) in [5, 5.41) is 6.16. The van der Waals surface area contributed by atoms with E-state index in [1.165, 1.54) is 23.3 Å². The van der Waals surface area contributed by atoms with Crippen LogP contribution in [0.15, 0.2) is 63.9 Å². The van der Waals surface area contributed by atoms with Crippen LogP contribution in [0.3, 0.4) is 0 Å². The maximum absolute atomic E-state index is 12.7. The number of rotatable bonds is 5. The van der Waals surface area contributed by atoms with Crippen molar-refractivity contribution in [1.82, 2.24) is 10.3 Å². The summed E-state index contributed by atoms with van der Waals surface area (Å²) in [5.74, 6) is -1.37. The molecule has 1 aliphatic rings. The van der Waals surface area contributed by atoms with Crippen LogP contribution in [0.2, 0.25) is 0 Å². The van der Waals surface area contributed by atoms with Crippen LogP contribution in [0.25, 0.3) is 0 Å². The Kier molecular flexibility index (Phi) is 6.05. The van der Waals surface area contributed by atoms with Crippen LogP contribution in [-0.4, -0.2) is 35.0 Å². The highest BCUT2D eigenvalue weighted by Crippen LogP contribution is 2.32. The fourth-order valence-corrected chi connectivity index (χ4v) is 3.74. The van der Waals surface area contributed by atoms with E-state index in [0.717, 1.165) is 23.4 Å². The topological polar surface area (TPSA) is 88.1 Å². The normalized spacial score (nSPS) is 16.8. The van der Waals surface area contributed by atoms with Gasteiger partial charge in [-0.3, -0.25) is 14.5 Å². The maximum Gasteiger partial charge on any atom is 0.331 e. The molecule has 0 radical (unpaired) electrons. The van der Waals surface area contributed by atoms with Crippen LogP contribution in [0, 0.1) is 0 Å². The number of carbonyl (C=O) groups is 3. The van der Waals surface area contributed by atoms with Crippen molar-refractivity contribution < 1.29 is 19.1 Å². The molecule has 1 saturated heterocycles. The molecule has 9 heteroatoms. The largest absolute Gasteiger partial charge is 0.466 e. The number of ether oxygens (including phenoxy) is 1. The predicted molar refractivity (Wildman–Crippen MR) is 104 cm³/mol. The molecule has 138 valence electrons. The number of carbonyl (C=O) groups excluding carboxylic acids is 3. The summed E-state index contributed by atoms with van der Waals surface area (Å²) in [7, 11) is 1.24. The Morgan fingerprint density at radius 3 is 2.67 bits per heavy atom. The minimum absolute atomic E-state index is 0.182. The number of esters is 1. The molecular weight excluding hydrogens is 386 g/mol. The Bertz CT molecular complexity index is 908. The third-order valence-electron chi connectivity index (χ3n) is 3.52. The van der Waals surface area contributed by atoms with Crippen LogP contribution >= 0.6 is 23.1 Å². The standard InChI is InChI=1S/C18H15N3O4S2/c1-25-15(22)10-14-17(24)21(11-12-6-3-2-4-7-12)18(27-14)20-19-16(23)13-8-5-9-26-13/h2-10H,11H2,1H3,(H,19,23)/b14-10-,20-18-. The lowest BCUT2D eigenvalue weighted by Gasteiger charge is -2.15. The second kappa shape index (κ2) is 8.65. The van der Waals surface area contributed by atoms with Gasteiger partial charge in [0.2, 0.25) is 0 Å². The van der Waals surface area contributed by atoms with Gasteiger partial charge in [-0.05, 0) is 28.8 Å². The van der Waals surface area contributed by atoms with E-state index in [0.29, 0.717) is 4.88 Å². The van der Waals surface area contributed by atoms with E-state index < -0.39 is 5.97 Å². The van der Waals surface area contributed by atoms with E-state index in [-0.39, 0.29) is 28.4 Å². The molecule has 0 bridgehead atoms. The molecule has 1 fully saturated rings. The molecule has 2 amide bonds. The summed E-state index contributed by atoms with van der Waals surface area (Å²) < 4.78 is 4.59. The Morgan fingerprint density at radius 2 is 2.00 bits per heavy atom. The SMILES string of the molecule is COC(=O)/C=C1\S/C(=N\NC(=O)c2cccs2)N(Cc2ccccc2)C1=O. The Labute approximate surface area is 163 Å². The molecule has 7 nitrogen and oxygen atoms in total. The van der Waals surface area contributed by atoms with Gasteiger partial charge < -0.3 is 4.74 Å². The number of benzene rings is 1. The van der Waals surface area contributed by atoms with E-state index >= 15 is 0 Å². The summed E-state index contributed by atoms with van der Waals surface area (Å²) in [6, 6.07) is 12.8. The maximum atomic E-state index is 12.7. The Morgan fingerprint density at radius 1 is 1.22 bits per heavy atom. The van der Waals surface area contributed by atoms with Crippen LogP contribution in [0.4, 0.5) is 0 Å². The van der Waals surface area contributed by atoms with Gasteiger partial charge >= 0.3 is 5.97 Å². The van der Waals surface area contributed by atoms with E-state index in [2.05, 4.69) is 15.3 Å². The third kappa shape index (κ3) is 4.63. The van der Waals surface area contributed by atoms with Crippen molar-refractivity contribution in [2.45, 2.75) is 6.54 Å². The van der Waals surface area contributed by atoms with Crippen LogP contribution in [0.5, 0.6) is 0 Å². The highest BCUT2D eigenvalue weighted by molar-refractivity contribution is 8.18. The summed E-state index contributed by atoms with van der Waals surface area (Å²) in [5.41, 5.74) is 3.34. The zero-order valence-corrected chi connectivity index (χ0v) is 15.9. The molecule has 0 saturated carbocycles. The fraction of sp³-hybridized carbons (Fsp3) is 0.111. The fourth-order valence-electron chi connectivity index (χ4n) is 2.22.